The van der Waals surface area contributed by atoms with Crippen molar-refractivity contribution in [2.45, 2.75) is 5.92 Å². The zero-order chi connectivity index (χ0) is 20.1. The molecule has 4 rings (SSSR count). The van der Waals surface area contributed by atoms with Crippen LogP contribution >= 0.6 is 0 Å². The highest BCUT2D eigenvalue weighted by molar-refractivity contribution is 5.87. The molecule has 0 atom stereocenters. The van der Waals surface area contributed by atoms with Gasteiger partial charge in [-0.15, -0.1) is 0 Å². The lowest BCUT2D eigenvalue weighted by Crippen LogP contribution is -2.50. The summed E-state index contributed by atoms with van der Waals surface area (Å²) in [7, 11) is 0. The molecule has 3 aromatic rings. The first-order valence-electron chi connectivity index (χ1n) is 9.76. The van der Waals surface area contributed by atoms with E-state index in [-0.39, 0.29) is 11.8 Å². The Hall–Kier alpha value is -3.65. The summed E-state index contributed by atoms with van der Waals surface area (Å²) in [5.41, 5.74) is 2.57. The fourth-order valence-electron chi connectivity index (χ4n) is 3.83. The molecule has 1 saturated heterocycles. The fourth-order valence-corrected chi connectivity index (χ4v) is 3.83. The summed E-state index contributed by atoms with van der Waals surface area (Å²) in [5, 5.41) is 9.33. The molecule has 0 spiro atoms. The molecule has 1 aliphatic rings. The standard InChI is InChI=1S/C24H22N4O/c25-18-21-12-7-13-26-23(21)27-14-16-28(17-15-27)24(29)22(19-8-3-1-4-9-19)20-10-5-2-6-11-20/h1-13,22H,14-17H2. The summed E-state index contributed by atoms with van der Waals surface area (Å²) in [6.07, 6.45) is 1.70. The molecule has 2 aromatic carbocycles. The van der Waals surface area contributed by atoms with Crippen LogP contribution in [0.3, 0.4) is 0 Å². The predicted octanol–water partition coefficient (Wildman–Crippen LogP) is 3.43. The molecule has 29 heavy (non-hydrogen) atoms. The first-order valence-corrected chi connectivity index (χ1v) is 9.76. The summed E-state index contributed by atoms with van der Waals surface area (Å²) in [6.45, 7) is 2.54. The lowest BCUT2D eigenvalue weighted by atomic mass is 9.90. The van der Waals surface area contributed by atoms with Crippen LogP contribution in [0.5, 0.6) is 0 Å². The van der Waals surface area contributed by atoms with Gasteiger partial charge in [0.1, 0.15) is 11.9 Å². The van der Waals surface area contributed by atoms with Crippen molar-refractivity contribution in [3.05, 3.63) is 95.7 Å². The maximum Gasteiger partial charge on any atom is 0.234 e. The molecule has 0 radical (unpaired) electrons. The van der Waals surface area contributed by atoms with Crippen LogP contribution in [-0.4, -0.2) is 42.0 Å². The van der Waals surface area contributed by atoms with Gasteiger partial charge in [-0.3, -0.25) is 4.79 Å². The van der Waals surface area contributed by atoms with E-state index in [0.717, 1.165) is 11.1 Å². The van der Waals surface area contributed by atoms with Crippen LogP contribution in [0.25, 0.3) is 0 Å². The highest BCUT2D eigenvalue weighted by Crippen LogP contribution is 2.28. The van der Waals surface area contributed by atoms with Gasteiger partial charge < -0.3 is 9.80 Å². The number of piperazine rings is 1. The largest absolute Gasteiger partial charge is 0.352 e. The Morgan fingerprint density at radius 1 is 0.862 bits per heavy atom. The maximum absolute atomic E-state index is 13.5. The molecular formula is C24H22N4O. The minimum Gasteiger partial charge on any atom is -0.352 e. The second kappa shape index (κ2) is 8.57. The van der Waals surface area contributed by atoms with E-state index in [9.17, 15) is 10.1 Å². The molecule has 1 aliphatic heterocycles. The van der Waals surface area contributed by atoms with E-state index >= 15 is 0 Å². The summed E-state index contributed by atoms with van der Waals surface area (Å²) >= 11 is 0. The number of hydrogen-bond acceptors (Lipinski definition) is 4. The van der Waals surface area contributed by atoms with Gasteiger partial charge in [0.05, 0.1) is 11.5 Å². The molecule has 1 amide bonds. The highest BCUT2D eigenvalue weighted by atomic mass is 16.2. The van der Waals surface area contributed by atoms with Crippen LogP contribution in [0.2, 0.25) is 0 Å². The number of benzene rings is 2. The number of aromatic nitrogens is 1. The van der Waals surface area contributed by atoms with E-state index in [0.29, 0.717) is 37.6 Å². The number of carbonyl (C=O) groups is 1. The van der Waals surface area contributed by atoms with Gasteiger partial charge in [0.25, 0.3) is 0 Å². The molecule has 5 heteroatoms. The van der Waals surface area contributed by atoms with Gasteiger partial charge in [0.15, 0.2) is 0 Å². The van der Waals surface area contributed by atoms with Gasteiger partial charge in [0.2, 0.25) is 5.91 Å². The van der Waals surface area contributed by atoms with Crippen molar-refractivity contribution in [1.82, 2.24) is 9.88 Å². The van der Waals surface area contributed by atoms with Crippen molar-refractivity contribution < 1.29 is 4.79 Å². The lowest BCUT2D eigenvalue weighted by molar-refractivity contribution is -0.132. The monoisotopic (exact) mass is 382 g/mol. The molecule has 1 fully saturated rings. The van der Waals surface area contributed by atoms with Gasteiger partial charge >= 0.3 is 0 Å². The predicted molar refractivity (Wildman–Crippen MR) is 112 cm³/mol. The number of rotatable bonds is 4. The molecular weight excluding hydrogens is 360 g/mol. The van der Waals surface area contributed by atoms with Crippen LogP contribution in [0, 0.1) is 11.3 Å². The Labute approximate surface area is 170 Å². The Morgan fingerprint density at radius 3 is 2.00 bits per heavy atom. The number of amides is 1. The summed E-state index contributed by atoms with van der Waals surface area (Å²) in [5.74, 6) is 0.502. The third-order valence-electron chi connectivity index (χ3n) is 5.31. The Morgan fingerprint density at radius 2 is 1.45 bits per heavy atom. The average molecular weight is 382 g/mol. The van der Waals surface area contributed by atoms with Gasteiger partial charge in [-0.25, -0.2) is 4.98 Å². The fraction of sp³-hybridized carbons (Fsp3) is 0.208. The second-order valence-corrected chi connectivity index (χ2v) is 7.05. The second-order valence-electron chi connectivity index (χ2n) is 7.05. The molecule has 0 N–H and O–H groups in total. The lowest BCUT2D eigenvalue weighted by Gasteiger charge is -2.37. The SMILES string of the molecule is N#Cc1cccnc1N1CCN(C(=O)C(c2ccccc2)c2ccccc2)CC1. The Bertz CT molecular complexity index is 966. The van der Waals surface area contributed by atoms with Gasteiger partial charge in [-0.05, 0) is 23.3 Å². The van der Waals surface area contributed by atoms with Crippen molar-refractivity contribution in [1.29, 1.82) is 5.26 Å². The van der Waals surface area contributed by atoms with Crippen LogP contribution in [0.1, 0.15) is 22.6 Å². The molecule has 2 heterocycles. The van der Waals surface area contributed by atoms with E-state index in [4.69, 9.17) is 0 Å². The summed E-state index contributed by atoms with van der Waals surface area (Å²) < 4.78 is 0. The van der Waals surface area contributed by atoms with Crippen molar-refractivity contribution in [2.75, 3.05) is 31.1 Å². The smallest absolute Gasteiger partial charge is 0.234 e. The number of nitrogens with zero attached hydrogens (tertiary/aromatic N) is 4. The quantitative estimate of drug-likeness (QED) is 0.694. The van der Waals surface area contributed by atoms with Crippen molar-refractivity contribution in [3.8, 4) is 6.07 Å². The third kappa shape index (κ3) is 3.97. The molecule has 0 unspecified atom stereocenters. The Kier molecular flexibility index (Phi) is 5.53. The first kappa shape index (κ1) is 18.7. The van der Waals surface area contributed by atoms with Gasteiger partial charge in [-0.2, -0.15) is 5.26 Å². The summed E-state index contributed by atoms with van der Waals surface area (Å²) in [6, 6.07) is 25.6. The van der Waals surface area contributed by atoms with Crippen molar-refractivity contribution in [3.63, 3.8) is 0 Å². The van der Waals surface area contributed by atoms with E-state index in [1.807, 2.05) is 65.6 Å². The number of carbonyl (C=O) groups excluding carboxylic acids is 1. The van der Waals surface area contributed by atoms with Gasteiger partial charge in [-0.1, -0.05) is 60.7 Å². The third-order valence-corrected chi connectivity index (χ3v) is 5.31. The van der Waals surface area contributed by atoms with Crippen LogP contribution in [-0.2, 0) is 4.79 Å². The first-order chi connectivity index (χ1) is 14.3. The van der Waals surface area contributed by atoms with E-state index in [2.05, 4.69) is 16.0 Å². The van der Waals surface area contributed by atoms with E-state index in [1.54, 1.807) is 18.3 Å². The number of hydrogen-bond donors (Lipinski definition) is 0. The molecule has 0 bridgehead atoms. The molecule has 144 valence electrons. The topological polar surface area (TPSA) is 60.2 Å². The van der Waals surface area contributed by atoms with Crippen LogP contribution < -0.4 is 4.90 Å². The number of anilines is 1. The normalized spacial score (nSPS) is 13.9. The van der Waals surface area contributed by atoms with Crippen molar-refractivity contribution >= 4 is 11.7 Å². The minimum absolute atomic E-state index is 0.114. The molecule has 0 saturated carbocycles. The van der Waals surface area contributed by atoms with Crippen LogP contribution in [0.4, 0.5) is 5.82 Å². The molecule has 5 nitrogen and oxygen atoms in total. The Balaban J connectivity index is 1.54. The number of nitriles is 1. The summed E-state index contributed by atoms with van der Waals surface area (Å²) in [4.78, 5) is 21.9. The molecule has 0 aliphatic carbocycles. The zero-order valence-electron chi connectivity index (χ0n) is 16.1. The van der Waals surface area contributed by atoms with Crippen LogP contribution in [0.15, 0.2) is 79.0 Å². The van der Waals surface area contributed by atoms with Gasteiger partial charge in [0, 0.05) is 32.4 Å². The average Bonchev–Trinajstić information content (AvgIpc) is 2.81. The van der Waals surface area contributed by atoms with E-state index in [1.165, 1.54) is 0 Å². The highest BCUT2D eigenvalue weighted by Gasteiger charge is 2.30. The molecule has 1 aromatic heterocycles. The minimum atomic E-state index is -0.312. The zero-order valence-corrected chi connectivity index (χ0v) is 16.1. The van der Waals surface area contributed by atoms with E-state index < -0.39 is 0 Å². The number of pyridine rings is 1. The maximum atomic E-state index is 13.5. The van der Waals surface area contributed by atoms with Crippen molar-refractivity contribution in [2.24, 2.45) is 0 Å².